The van der Waals surface area contributed by atoms with Crippen molar-refractivity contribution in [3.8, 4) is 0 Å². The number of amides is 2. The lowest BCUT2D eigenvalue weighted by atomic mass is 9.98. The maximum atomic E-state index is 13.0. The summed E-state index contributed by atoms with van der Waals surface area (Å²) in [5.74, 6) is -1.40. The zero-order valence-corrected chi connectivity index (χ0v) is 18.3. The van der Waals surface area contributed by atoms with Gasteiger partial charge in [0, 0.05) is 0 Å². The molecule has 10 atom stereocenters. The van der Waals surface area contributed by atoms with E-state index in [1.807, 2.05) is 0 Å². The SMILES string of the molecule is O=C1CC(=O)N(C[C@H]2OC(O)[C@H](O)[C@@H](O)[C@@H]2O)c2ccccc2N1C[C@H]1OC(O)[C@H](O)[C@@H](O)[C@@H]1O. The number of anilines is 2. The van der Waals surface area contributed by atoms with Gasteiger partial charge < -0.3 is 60.1 Å². The molecular formula is C21H28N2O12. The highest BCUT2D eigenvalue weighted by molar-refractivity contribution is 6.15. The maximum absolute atomic E-state index is 13.0. The lowest BCUT2D eigenvalue weighted by Gasteiger charge is -2.40. The van der Waals surface area contributed by atoms with E-state index in [0.29, 0.717) is 0 Å². The normalized spacial score (nSPS) is 40.5. The Bertz CT molecular complexity index is 876. The van der Waals surface area contributed by atoms with Crippen LogP contribution in [0.3, 0.4) is 0 Å². The summed E-state index contributed by atoms with van der Waals surface area (Å²) in [5.41, 5.74) is 0.390. The zero-order valence-electron chi connectivity index (χ0n) is 18.3. The van der Waals surface area contributed by atoms with Crippen LogP contribution in [0.1, 0.15) is 6.42 Å². The van der Waals surface area contributed by atoms with E-state index in [1.165, 1.54) is 12.1 Å². The summed E-state index contributed by atoms with van der Waals surface area (Å²) in [6, 6.07) is 6.16. The maximum Gasteiger partial charge on any atom is 0.236 e. The average Bonchev–Trinajstić information content (AvgIpc) is 2.92. The van der Waals surface area contributed by atoms with Gasteiger partial charge in [-0.25, -0.2) is 0 Å². The number of para-hydroxylation sites is 2. The van der Waals surface area contributed by atoms with Gasteiger partial charge in [-0.2, -0.15) is 0 Å². The Balaban J connectivity index is 1.62. The number of nitrogens with zero attached hydrogens (tertiary/aromatic N) is 2. The number of hydrogen-bond acceptors (Lipinski definition) is 12. The van der Waals surface area contributed by atoms with Crippen LogP contribution in [-0.4, -0.2) is 127 Å². The first-order chi connectivity index (χ1) is 16.5. The number of aliphatic hydroxyl groups excluding tert-OH is 8. The second-order valence-corrected chi connectivity index (χ2v) is 8.75. The van der Waals surface area contributed by atoms with Crippen LogP contribution < -0.4 is 9.80 Å². The van der Waals surface area contributed by atoms with Crippen molar-refractivity contribution in [2.45, 2.75) is 67.8 Å². The van der Waals surface area contributed by atoms with Crippen LogP contribution in [-0.2, 0) is 19.1 Å². The van der Waals surface area contributed by atoms with Gasteiger partial charge in [-0.15, -0.1) is 0 Å². The van der Waals surface area contributed by atoms with Crippen molar-refractivity contribution in [3.63, 3.8) is 0 Å². The Kier molecular flexibility index (Phi) is 7.40. The van der Waals surface area contributed by atoms with Crippen molar-refractivity contribution >= 4 is 23.2 Å². The van der Waals surface area contributed by atoms with Gasteiger partial charge in [-0.1, -0.05) is 12.1 Å². The molecule has 0 radical (unpaired) electrons. The minimum Gasteiger partial charge on any atom is -0.388 e. The first-order valence-corrected chi connectivity index (χ1v) is 11.0. The summed E-state index contributed by atoms with van der Waals surface area (Å²) in [6.45, 7) is -0.768. The van der Waals surface area contributed by atoms with E-state index in [4.69, 9.17) is 9.47 Å². The standard InChI is InChI=1S/C21H28N2O12/c24-12-5-13(25)23(7-11-15(27)17(29)19(31)21(33)35-11)9-4-2-1-3-8(9)22(12)6-10-14(26)16(28)18(30)20(32)34-10/h1-4,10-11,14-21,26-33H,5-7H2/t10-,11-,14-,15-,16+,17+,18-,19-,20?,21?/m1/s1. The van der Waals surface area contributed by atoms with E-state index in [-0.39, 0.29) is 24.5 Å². The minimum absolute atomic E-state index is 0.195. The van der Waals surface area contributed by atoms with Gasteiger partial charge in [0.15, 0.2) is 12.6 Å². The Hall–Kier alpha value is -2.24. The third-order valence-electron chi connectivity index (χ3n) is 6.47. The summed E-state index contributed by atoms with van der Waals surface area (Å²) in [4.78, 5) is 28.3. The van der Waals surface area contributed by atoms with Crippen molar-refractivity contribution < 1.29 is 59.9 Å². The fraction of sp³-hybridized carbons (Fsp3) is 0.619. The first kappa shape index (κ1) is 25.8. The molecule has 2 fully saturated rings. The van der Waals surface area contributed by atoms with E-state index in [1.54, 1.807) is 12.1 Å². The van der Waals surface area contributed by atoms with E-state index >= 15 is 0 Å². The molecule has 14 nitrogen and oxygen atoms in total. The fourth-order valence-corrected chi connectivity index (χ4v) is 4.43. The molecule has 0 spiro atoms. The summed E-state index contributed by atoms with van der Waals surface area (Å²) >= 11 is 0. The van der Waals surface area contributed by atoms with Crippen LogP contribution in [0.4, 0.5) is 11.4 Å². The quantitative estimate of drug-likeness (QED) is 0.183. The topological polar surface area (TPSA) is 221 Å². The molecule has 2 saturated heterocycles. The molecule has 2 amide bonds. The van der Waals surface area contributed by atoms with Crippen LogP contribution in [0, 0.1) is 0 Å². The average molecular weight is 500 g/mol. The summed E-state index contributed by atoms with van der Waals surface area (Å²) < 4.78 is 10.4. The number of carbonyl (C=O) groups excluding carboxylic acids is 2. The van der Waals surface area contributed by atoms with E-state index < -0.39 is 79.6 Å². The van der Waals surface area contributed by atoms with Gasteiger partial charge in [0.1, 0.15) is 55.3 Å². The highest BCUT2D eigenvalue weighted by Gasteiger charge is 2.47. The Morgan fingerprint density at radius 3 is 1.37 bits per heavy atom. The van der Waals surface area contributed by atoms with E-state index in [0.717, 1.165) is 9.80 Å². The van der Waals surface area contributed by atoms with Gasteiger partial charge in [0.05, 0.1) is 24.5 Å². The van der Waals surface area contributed by atoms with Gasteiger partial charge in [-0.3, -0.25) is 9.59 Å². The van der Waals surface area contributed by atoms with E-state index in [2.05, 4.69) is 0 Å². The molecule has 1 aromatic rings. The van der Waals surface area contributed by atoms with Crippen molar-refractivity contribution in [1.29, 1.82) is 0 Å². The summed E-state index contributed by atoms with van der Waals surface area (Å²) in [7, 11) is 0. The molecule has 2 unspecified atom stereocenters. The van der Waals surface area contributed by atoms with Crippen molar-refractivity contribution in [1.82, 2.24) is 0 Å². The molecule has 0 bridgehead atoms. The monoisotopic (exact) mass is 500 g/mol. The fourth-order valence-electron chi connectivity index (χ4n) is 4.43. The van der Waals surface area contributed by atoms with E-state index in [9.17, 15) is 50.4 Å². The Labute approximate surface area is 198 Å². The molecule has 14 heteroatoms. The molecule has 3 heterocycles. The number of rotatable bonds is 4. The molecule has 3 aliphatic heterocycles. The molecule has 194 valence electrons. The number of hydrogen-bond donors (Lipinski definition) is 8. The molecule has 35 heavy (non-hydrogen) atoms. The predicted molar refractivity (Wildman–Crippen MR) is 114 cm³/mol. The molecule has 3 aliphatic rings. The Morgan fingerprint density at radius 2 is 1.00 bits per heavy atom. The lowest BCUT2D eigenvalue weighted by molar-refractivity contribution is -0.279. The number of fused-ring (bicyclic) bond motifs is 1. The second kappa shape index (κ2) is 10.0. The first-order valence-electron chi connectivity index (χ1n) is 11.0. The van der Waals surface area contributed by atoms with Crippen LogP contribution in [0.5, 0.6) is 0 Å². The molecule has 0 aliphatic carbocycles. The largest absolute Gasteiger partial charge is 0.388 e. The highest BCUT2D eigenvalue weighted by atomic mass is 16.6. The molecule has 0 aromatic heterocycles. The van der Waals surface area contributed by atoms with Crippen LogP contribution in [0.15, 0.2) is 24.3 Å². The Morgan fingerprint density at radius 1 is 0.629 bits per heavy atom. The van der Waals surface area contributed by atoms with Crippen molar-refractivity contribution in [2.75, 3.05) is 22.9 Å². The predicted octanol–water partition coefficient (Wildman–Crippen LogP) is -4.64. The second-order valence-electron chi connectivity index (χ2n) is 8.75. The van der Waals surface area contributed by atoms with Crippen LogP contribution in [0.2, 0.25) is 0 Å². The summed E-state index contributed by atoms with van der Waals surface area (Å²) in [5, 5.41) is 79.6. The van der Waals surface area contributed by atoms with Gasteiger partial charge in [0.2, 0.25) is 11.8 Å². The molecule has 8 N–H and O–H groups in total. The van der Waals surface area contributed by atoms with Crippen LogP contribution in [0.25, 0.3) is 0 Å². The third-order valence-corrected chi connectivity index (χ3v) is 6.47. The third kappa shape index (κ3) is 4.77. The number of carbonyl (C=O) groups is 2. The van der Waals surface area contributed by atoms with Gasteiger partial charge in [-0.05, 0) is 12.1 Å². The highest BCUT2D eigenvalue weighted by Crippen LogP contribution is 2.35. The van der Waals surface area contributed by atoms with Gasteiger partial charge in [0.25, 0.3) is 0 Å². The lowest BCUT2D eigenvalue weighted by Crippen LogP contribution is -2.60. The minimum atomic E-state index is -1.81. The summed E-state index contributed by atoms with van der Waals surface area (Å²) in [6.07, 6.45) is -17.2. The van der Waals surface area contributed by atoms with Gasteiger partial charge >= 0.3 is 0 Å². The zero-order chi connectivity index (χ0) is 25.6. The number of benzene rings is 1. The molecular weight excluding hydrogens is 472 g/mol. The molecule has 0 saturated carbocycles. The van der Waals surface area contributed by atoms with Crippen molar-refractivity contribution in [2.24, 2.45) is 0 Å². The smallest absolute Gasteiger partial charge is 0.236 e. The van der Waals surface area contributed by atoms with Crippen molar-refractivity contribution in [3.05, 3.63) is 24.3 Å². The molecule has 4 rings (SSSR count). The number of ether oxygens (including phenoxy) is 2. The molecule has 1 aromatic carbocycles. The number of aliphatic hydroxyl groups is 8. The van der Waals surface area contributed by atoms with Crippen LogP contribution >= 0.6 is 0 Å².